The molecule has 0 spiro atoms. The molecule has 0 saturated carbocycles. The van der Waals surface area contributed by atoms with Crippen molar-refractivity contribution >= 4 is 11.4 Å². The number of rotatable bonds is 3. The Labute approximate surface area is 114 Å². The van der Waals surface area contributed by atoms with E-state index in [1.165, 1.54) is 6.07 Å². The number of hydrogen-bond acceptors (Lipinski definition) is 3. The number of anilines is 2. The van der Waals surface area contributed by atoms with Crippen molar-refractivity contribution in [3.63, 3.8) is 0 Å². The van der Waals surface area contributed by atoms with Crippen molar-refractivity contribution in [1.82, 2.24) is 0 Å². The van der Waals surface area contributed by atoms with Crippen LogP contribution in [0.5, 0.6) is 5.75 Å². The molecule has 0 bridgehead atoms. The minimum absolute atomic E-state index is 0.290. The third-order valence-corrected chi connectivity index (χ3v) is 4.06. The molecule has 106 valence electrons. The van der Waals surface area contributed by atoms with Gasteiger partial charge in [0.05, 0.1) is 18.0 Å². The average molecular weight is 266 g/mol. The Morgan fingerprint density at radius 3 is 2.74 bits per heavy atom. The molecule has 3 nitrogen and oxygen atoms in total. The number of piperidine rings is 1. The van der Waals surface area contributed by atoms with Gasteiger partial charge < -0.3 is 15.4 Å². The highest BCUT2D eigenvalue weighted by molar-refractivity contribution is 5.70. The van der Waals surface area contributed by atoms with E-state index in [1.807, 2.05) is 6.92 Å². The summed E-state index contributed by atoms with van der Waals surface area (Å²) < 4.78 is 19.0. The number of halogens is 1. The average Bonchev–Trinajstić information content (AvgIpc) is 2.36. The lowest BCUT2D eigenvalue weighted by Crippen LogP contribution is -2.38. The van der Waals surface area contributed by atoms with Gasteiger partial charge in [-0.05, 0) is 25.2 Å². The molecular formula is C15H23FN2O. The second kappa shape index (κ2) is 5.68. The Morgan fingerprint density at radius 1 is 1.37 bits per heavy atom. The van der Waals surface area contributed by atoms with Crippen molar-refractivity contribution in [3.8, 4) is 5.75 Å². The van der Waals surface area contributed by atoms with Gasteiger partial charge in [-0.3, -0.25) is 0 Å². The molecule has 0 aromatic heterocycles. The lowest BCUT2D eigenvalue weighted by Gasteiger charge is -2.37. The fourth-order valence-corrected chi connectivity index (χ4v) is 2.58. The van der Waals surface area contributed by atoms with E-state index in [4.69, 9.17) is 10.5 Å². The third kappa shape index (κ3) is 2.94. The molecule has 4 heteroatoms. The van der Waals surface area contributed by atoms with E-state index < -0.39 is 0 Å². The highest BCUT2D eigenvalue weighted by Gasteiger charge is 2.24. The number of nitrogens with two attached hydrogens (primary N) is 1. The third-order valence-electron chi connectivity index (χ3n) is 4.06. The van der Waals surface area contributed by atoms with Crippen molar-refractivity contribution in [3.05, 3.63) is 17.9 Å². The van der Waals surface area contributed by atoms with E-state index >= 15 is 0 Å². The summed E-state index contributed by atoms with van der Waals surface area (Å²) in [6.07, 6.45) is 1.14. The molecule has 1 saturated heterocycles. The molecule has 0 aliphatic carbocycles. The van der Waals surface area contributed by atoms with Crippen molar-refractivity contribution in [2.45, 2.75) is 27.2 Å². The normalized spacial score (nSPS) is 23.5. The maximum atomic E-state index is 13.7. The van der Waals surface area contributed by atoms with Crippen LogP contribution in [0.2, 0.25) is 0 Å². The summed E-state index contributed by atoms with van der Waals surface area (Å²) in [7, 11) is 0. The Bertz CT molecular complexity index is 450. The molecule has 19 heavy (non-hydrogen) atoms. The zero-order chi connectivity index (χ0) is 14.0. The zero-order valence-corrected chi connectivity index (χ0v) is 11.9. The van der Waals surface area contributed by atoms with Gasteiger partial charge in [-0.25, -0.2) is 4.39 Å². The molecule has 0 radical (unpaired) electrons. The molecule has 2 rings (SSSR count). The Hall–Kier alpha value is -1.45. The summed E-state index contributed by atoms with van der Waals surface area (Å²) in [4.78, 5) is 2.24. The summed E-state index contributed by atoms with van der Waals surface area (Å²) in [5.74, 6) is 1.25. The standard InChI is InChI=1S/C15H23FN2O/c1-4-19-15-8-14(13(17)7-12(15)16)18-6-5-10(2)11(3)9-18/h7-8,10-11H,4-6,9,17H2,1-3H3. The maximum Gasteiger partial charge on any atom is 0.167 e. The Kier molecular flexibility index (Phi) is 4.17. The topological polar surface area (TPSA) is 38.5 Å². The highest BCUT2D eigenvalue weighted by Crippen LogP contribution is 2.34. The van der Waals surface area contributed by atoms with Crippen LogP contribution in [0.25, 0.3) is 0 Å². The van der Waals surface area contributed by atoms with Crippen LogP contribution in [0, 0.1) is 17.7 Å². The van der Waals surface area contributed by atoms with E-state index in [0.29, 0.717) is 18.2 Å². The molecule has 2 N–H and O–H groups in total. The highest BCUT2D eigenvalue weighted by atomic mass is 19.1. The second-order valence-corrected chi connectivity index (χ2v) is 5.46. The Balaban J connectivity index is 2.26. The molecule has 1 aliphatic heterocycles. The molecule has 1 heterocycles. The maximum absolute atomic E-state index is 13.7. The first-order valence-electron chi connectivity index (χ1n) is 6.99. The van der Waals surface area contributed by atoms with Crippen LogP contribution in [0.3, 0.4) is 0 Å². The molecule has 0 amide bonds. The minimum Gasteiger partial charge on any atom is -0.491 e. The molecule has 1 aromatic rings. The quantitative estimate of drug-likeness (QED) is 0.853. The van der Waals surface area contributed by atoms with Gasteiger partial charge in [-0.2, -0.15) is 0 Å². The van der Waals surface area contributed by atoms with Crippen molar-refractivity contribution < 1.29 is 9.13 Å². The van der Waals surface area contributed by atoms with Gasteiger partial charge in [-0.15, -0.1) is 0 Å². The predicted octanol–water partition coefficient (Wildman–Crippen LogP) is 3.29. The molecule has 1 aliphatic rings. The molecule has 2 unspecified atom stereocenters. The van der Waals surface area contributed by atoms with Gasteiger partial charge in [0.25, 0.3) is 0 Å². The first-order chi connectivity index (χ1) is 9.02. The first kappa shape index (κ1) is 14.0. The van der Waals surface area contributed by atoms with Gasteiger partial charge in [0.1, 0.15) is 0 Å². The smallest absolute Gasteiger partial charge is 0.167 e. The van der Waals surface area contributed by atoms with Crippen LogP contribution in [-0.2, 0) is 0 Å². The van der Waals surface area contributed by atoms with E-state index in [9.17, 15) is 4.39 Å². The van der Waals surface area contributed by atoms with Crippen LogP contribution in [-0.4, -0.2) is 19.7 Å². The van der Waals surface area contributed by atoms with Crippen LogP contribution in [0.15, 0.2) is 12.1 Å². The van der Waals surface area contributed by atoms with E-state index in [2.05, 4.69) is 18.7 Å². The lowest BCUT2D eigenvalue weighted by atomic mass is 9.88. The molecule has 1 fully saturated rings. The summed E-state index contributed by atoms with van der Waals surface area (Å²) in [5, 5.41) is 0. The molecule has 1 aromatic carbocycles. The monoisotopic (exact) mass is 266 g/mol. The van der Waals surface area contributed by atoms with Gasteiger partial charge in [0.15, 0.2) is 11.6 Å². The second-order valence-electron chi connectivity index (χ2n) is 5.46. The van der Waals surface area contributed by atoms with Crippen molar-refractivity contribution in [2.75, 3.05) is 30.3 Å². The number of nitrogen functional groups attached to an aromatic ring is 1. The number of hydrogen-bond donors (Lipinski definition) is 1. The van der Waals surface area contributed by atoms with Gasteiger partial charge in [0, 0.05) is 25.2 Å². The van der Waals surface area contributed by atoms with Gasteiger partial charge in [-0.1, -0.05) is 13.8 Å². The minimum atomic E-state index is -0.387. The zero-order valence-electron chi connectivity index (χ0n) is 11.9. The van der Waals surface area contributed by atoms with Crippen LogP contribution in [0.4, 0.5) is 15.8 Å². The number of ether oxygens (including phenoxy) is 1. The number of benzene rings is 1. The molecule has 2 atom stereocenters. The van der Waals surface area contributed by atoms with E-state index in [-0.39, 0.29) is 11.6 Å². The fraction of sp³-hybridized carbons (Fsp3) is 0.600. The van der Waals surface area contributed by atoms with Crippen LogP contribution >= 0.6 is 0 Å². The van der Waals surface area contributed by atoms with E-state index in [1.54, 1.807) is 6.07 Å². The predicted molar refractivity (Wildman–Crippen MR) is 77.1 cm³/mol. The van der Waals surface area contributed by atoms with Crippen LogP contribution < -0.4 is 15.4 Å². The number of nitrogens with zero attached hydrogens (tertiary/aromatic N) is 1. The van der Waals surface area contributed by atoms with Crippen molar-refractivity contribution in [2.24, 2.45) is 11.8 Å². The van der Waals surface area contributed by atoms with Crippen LogP contribution in [0.1, 0.15) is 27.2 Å². The summed E-state index contributed by atoms with van der Waals surface area (Å²) in [6.45, 7) is 8.75. The largest absolute Gasteiger partial charge is 0.491 e. The van der Waals surface area contributed by atoms with Crippen molar-refractivity contribution in [1.29, 1.82) is 0 Å². The fourth-order valence-electron chi connectivity index (χ4n) is 2.58. The first-order valence-corrected chi connectivity index (χ1v) is 6.99. The Morgan fingerprint density at radius 2 is 2.11 bits per heavy atom. The summed E-state index contributed by atoms with van der Waals surface area (Å²) >= 11 is 0. The molecular weight excluding hydrogens is 243 g/mol. The van der Waals surface area contributed by atoms with E-state index in [0.717, 1.165) is 31.1 Å². The van der Waals surface area contributed by atoms with Gasteiger partial charge >= 0.3 is 0 Å². The SMILES string of the molecule is CCOc1cc(N2CCC(C)C(C)C2)c(N)cc1F. The van der Waals surface area contributed by atoms with Gasteiger partial charge in [0.2, 0.25) is 0 Å². The summed E-state index contributed by atoms with van der Waals surface area (Å²) in [6, 6.07) is 3.10. The summed E-state index contributed by atoms with van der Waals surface area (Å²) in [5.41, 5.74) is 7.34. The lowest BCUT2D eigenvalue weighted by molar-refractivity contribution is 0.317.